The average Bonchev–Trinajstić information content (AvgIpc) is 2.76. The molecule has 3 atom stereocenters. The Morgan fingerprint density at radius 1 is 1.26 bits per heavy atom. The van der Waals surface area contributed by atoms with Crippen LogP contribution in [0.5, 0.6) is 0 Å². The molecule has 2 saturated heterocycles. The van der Waals surface area contributed by atoms with Crippen LogP contribution in [0.1, 0.15) is 47.0 Å². The lowest BCUT2D eigenvalue weighted by molar-refractivity contribution is -0.229. The van der Waals surface area contributed by atoms with Crippen LogP contribution in [0.4, 0.5) is 13.2 Å². The van der Waals surface area contributed by atoms with Gasteiger partial charge in [0.1, 0.15) is 11.4 Å². The Labute approximate surface area is 204 Å². The molecule has 0 spiro atoms. The first-order valence-corrected chi connectivity index (χ1v) is 13.6. The highest BCUT2D eigenvalue weighted by Crippen LogP contribution is 2.53. The number of hydrogen-bond donors (Lipinski definition) is 1. The molecular weight excluding hydrogens is 485 g/mol. The van der Waals surface area contributed by atoms with Crippen LogP contribution < -0.4 is 5.32 Å². The van der Waals surface area contributed by atoms with Gasteiger partial charge in [0, 0.05) is 38.8 Å². The number of aliphatic imine (C=N–C) groups is 1. The van der Waals surface area contributed by atoms with Gasteiger partial charge in [0.25, 0.3) is 0 Å². The van der Waals surface area contributed by atoms with Crippen LogP contribution in [-0.4, -0.2) is 86.1 Å². The molecule has 198 valence electrons. The van der Waals surface area contributed by atoms with Crippen molar-refractivity contribution >= 4 is 28.4 Å². The fourth-order valence-corrected chi connectivity index (χ4v) is 6.20. The number of piperidine rings is 1. The summed E-state index contributed by atoms with van der Waals surface area (Å²) >= 11 is 0. The van der Waals surface area contributed by atoms with Crippen LogP contribution in [0.25, 0.3) is 0 Å². The Balaban J connectivity index is 1.85. The first kappa shape index (κ1) is 27.5. The number of carbonyl (C=O) groups excluding carboxylic acids is 2. The molecule has 3 unspecified atom stereocenters. The maximum absolute atomic E-state index is 14.6. The van der Waals surface area contributed by atoms with E-state index in [-0.39, 0.29) is 61.6 Å². The quantitative estimate of drug-likeness (QED) is 0.562. The topological polar surface area (TPSA) is 99.1 Å². The van der Waals surface area contributed by atoms with Gasteiger partial charge in [-0.1, -0.05) is 20.8 Å². The van der Waals surface area contributed by atoms with Crippen molar-refractivity contribution in [3.63, 3.8) is 0 Å². The molecule has 0 radical (unpaired) electrons. The van der Waals surface area contributed by atoms with E-state index < -0.39 is 38.8 Å². The van der Waals surface area contributed by atoms with E-state index in [2.05, 4.69) is 10.3 Å². The van der Waals surface area contributed by atoms with Crippen molar-refractivity contribution in [1.82, 2.24) is 15.1 Å². The zero-order valence-electron chi connectivity index (χ0n) is 20.7. The predicted molar refractivity (Wildman–Crippen MR) is 126 cm³/mol. The van der Waals surface area contributed by atoms with Gasteiger partial charge in [-0.25, -0.2) is 13.4 Å². The molecule has 2 amide bonds. The molecule has 3 aliphatic heterocycles. The maximum atomic E-state index is 14.6. The molecule has 1 N–H and O–H groups in total. The summed E-state index contributed by atoms with van der Waals surface area (Å²) in [6.45, 7) is 7.66. The van der Waals surface area contributed by atoms with Gasteiger partial charge in [0.05, 0.1) is 16.9 Å². The van der Waals surface area contributed by atoms with E-state index in [0.717, 1.165) is 6.08 Å². The molecule has 12 heteroatoms. The number of hydrogen-bond acceptors (Lipinski definition) is 6. The highest BCUT2D eigenvalue weighted by molar-refractivity contribution is 7.91. The number of nitrogens with one attached hydrogen (secondary N) is 1. The lowest BCUT2D eigenvalue weighted by Gasteiger charge is -2.51. The van der Waals surface area contributed by atoms with E-state index in [1.807, 2.05) is 20.8 Å². The second-order valence-electron chi connectivity index (χ2n) is 11.2. The van der Waals surface area contributed by atoms with Crippen LogP contribution in [0.2, 0.25) is 0 Å². The van der Waals surface area contributed by atoms with Crippen LogP contribution in [0.3, 0.4) is 0 Å². The SMILES string of the molecule is CC(C)(C)CNC1=CC(C2CCC(C)(C(=O)N3CCS(=O)(=O)CC3)N(C=O)C2)(C(F)(F)F)CC=N1. The number of sulfone groups is 1. The Hall–Kier alpha value is -2.11. The van der Waals surface area contributed by atoms with Crippen molar-refractivity contribution < 1.29 is 31.2 Å². The summed E-state index contributed by atoms with van der Waals surface area (Å²) in [4.78, 5) is 32.1. The number of likely N-dealkylation sites (tertiary alicyclic amines) is 1. The molecule has 3 heterocycles. The summed E-state index contributed by atoms with van der Waals surface area (Å²) in [7, 11) is -3.21. The molecule has 0 saturated carbocycles. The predicted octanol–water partition coefficient (Wildman–Crippen LogP) is 2.37. The van der Waals surface area contributed by atoms with E-state index in [4.69, 9.17) is 0 Å². The van der Waals surface area contributed by atoms with Crippen molar-refractivity contribution in [1.29, 1.82) is 0 Å². The minimum absolute atomic E-state index is 0.0153. The van der Waals surface area contributed by atoms with Gasteiger partial charge in [-0.2, -0.15) is 13.2 Å². The van der Waals surface area contributed by atoms with E-state index in [9.17, 15) is 31.2 Å². The molecule has 0 bridgehead atoms. The van der Waals surface area contributed by atoms with E-state index >= 15 is 0 Å². The smallest absolute Gasteiger partial charge is 0.370 e. The Morgan fingerprint density at radius 2 is 1.89 bits per heavy atom. The standard InChI is InChI=1S/C23H35F3N4O4S/c1-20(2,3)15-28-18-13-22(7-8-27-18,23(24,25)26)17-5-6-21(4,30(14-17)16-31)19(32)29-9-11-35(33,34)12-10-29/h8,13,16-17,28H,5-7,9-12,14-15H2,1-4H3. The van der Waals surface area contributed by atoms with Gasteiger partial charge in [-0.15, -0.1) is 0 Å². The summed E-state index contributed by atoms with van der Waals surface area (Å²) < 4.78 is 67.3. The second kappa shape index (κ2) is 9.40. The minimum atomic E-state index is -4.59. The average molecular weight is 521 g/mol. The number of allylic oxidation sites excluding steroid dienone is 1. The lowest BCUT2D eigenvalue weighted by Crippen LogP contribution is -2.64. The minimum Gasteiger partial charge on any atom is -0.370 e. The molecule has 0 aromatic carbocycles. The number of nitrogens with zero attached hydrogens (tertiary/aromatic N) is 3. The molecule has 2 fully saturated rings. The number of halogens is 3. The van der Waals surface area contributed by atoms with Crippen molar-refractivity contribution in [2.45, 2.75) is 58.7 Å². The van der Waals surface area contributed by atoms with Gasteiger partial charge in [-0.05, 0) is 37.2 Å². The summed E-state index contributed by atoms with van der Waals surface area (Å²) in [6.07, 6.45) is -1.95. The van der Waals surface area contributed by atoms with Gasteiger partial charge in [-0.3, -0.25) is 9.59 Å². The fraction of sp³-hybridized carbons (Fsp3) is 0.783. The van der Waals surface area contributed by atoms with E-state index in [0.29, 0.717) is 13.0 Å². The van der Waals surface area contributed by atoms with Crippen LogP contribution in [0, 0.1) is 16.7 Å². The highest BCUT2D eigenvalue weighted by atomic mass is 32.2. The second-order valence-corrected chi connectivity index (χ2v) is 13.5. The van der Waals surface area contributed by atoms with E-state index in [1.54, 1.807) is 6.92 Å². The largest absolute Gasteiger partial charge is 0.398 e. The summed E-state index contributed by atoms with van der Waals surface area (Å²) in [5.41, 5.74) is -3.71. The van der Waals surface area contributed by atoms with Crippen LogP contribution in [-0.2, 0) is 19.4 Å². The molecule has 3 aliphatic rings. The highest BCUT2D eigenvalue weighted by Gasteiger charge is 2.61. The molecule has 0 aromatic heterocycles. The van der Waals surface area contributed by atoms with Crippen LogP contribution >= 0.6 is 0 Å². The zero-order chi connectivity index (χ0) is 26.3. The van der Waals surface area contributed by atoms with Crippen LogP contribution in [0.15, 0.2) is 16.9 Å². The zero-order valence-corrected chi connectivity index (χ0v) is 21.5. The number of alkyl halides is 3. The fourth-order valence-electron chi connectivity index (χ4n) is 5.00. The number of amides is 2. The Morgan fingerprint density at radius 3 is 2.43 bits per heavy atom. The third-order valence-corrected chi connectivity index (χ3v) is 8.97. The van der Waals surface area contributed by atoms with Crippen molar-refractivity contribution in [3.05, 3.63) is 11.9 Å². The monoisotopic (exact) mass is 520 g/mol. The van der Waals surface area contributed by atoms with Crippen molar-refractivity contribution in [2.24, 2.45) is 21.7 Å². The summed E-state index contributed by atoms with van der Waals surface area (Å²) in [5.74, 6) is -1.56. The summed E-state index contributed by atoms with van der Waals surface area (Å²) in [5, 5.41) is 3.01. The maximum Gasteiger partial charge on any atom is 0.398 e. The molecule has 35 heavy (non-hydrogen) atoms. The molecule has 8 nitrogen and oxygen atoms in total. The normalized spacial score (nSPS) is 31.6. The third-order valence-electron chi connectivity index (χ3n) is 7.36. The first-order chi connectivity index (χ1) is 16.0. The van der Waals surface area contributed by atoms with Gasteiger partial charge >= 0.3 is 6.18 Å². The summed E-state index contributed by atoms with van der Waals surface area (Å²) in [6, 6.07) is 0. The number of rotatable bonds is 5. The van der Waals surface area contributed by atoms with Gasteiger partial charge in [0.2, 0.25) is 12.3 Å². The molecular formula is C23H35F3N4O4S. The molecule has 3 rings (SSSR count). The Bertz CT molecular complexity index is 991. The number of carbonyl (C=O) groups is 2. The Kier molecular flexibility index (Phi) is 7.38. The van der Waals surface area contributed by atoms with E-state index in [1.165, 1.54) is 16.0 Å². The first-order valence-electron chi connectivity index (χ1n) is 11.8. The lowest BCUT2D eigenvalue weighted by atomic mass is 9.66. The van der Waals surface area contributed by atoms with Gasteiger partial charge < -0.3 is 15.1 Å². The molecule has 0 aliphatic carbocycles. The third kappa shape index (κ3) is 5.67. The van der Waals surface area contributed by atoms with Crippen molar-refractivity contribution in [2.75, 3.05) is 37.7 Å². The van der Waals surface area contributed by atoms with Gasteiger partial charge in [0.15, 0.2) is 9.84 Å². The van der Waals surface area contributed by atoms with Crippen molar-refractivity contribution in [3.8, 4) is 0 Å². The molecule has 0 aromatic rings.